The molecule has 1 aliphatic heterocycles. The van der Waals surface area contributed by atoms with Crippen LogP contribution in [0.15, 0.2) is 59.0 Å². The third-order valence-corrected chi connectivity index (χ3v) is 6.71. The van der Waals surface area contributed by atoms with Crippen molar-refractivity contribution in [3.8, 4) is 10.4 Å². The molecular weight excluding hydrogens is 406 g/mol. The largest absolute Gasteiger partial charge is 0.378 e. The maximum atomic E-state index is 13.1. The van der Waals surface area contributed by atoms with Crippen LogP contribution in [0.4, 0.5) is 0 Å². The predicted molar refractivity (Wildman–Crippen MR) is 118 cm³/mol. The smallest absolute Gasteiger partial charge is 0.263 e. The Balaban J connectivity index is 1.65. The van der Waals surface area contributed by atoms with E-state index in [9.17, 15) is 9.59 Å². The van der Waals surface area contributed by atoms with Crippen LogP contribution in [0.3, 0.4) is 0 Å². The number of rotatable bonds is 6. The number of carbonyl (C=O) groups is 1. The molecule has 6 nitrogen and oxygen atoms in total. The number of benzene rings is 1. The van der Waals surface area contributed by atoms with Crippen molar-refractivity contribution in [3.63, 3.8) is 0 Å². The van der Waals surface area contributed by atoms with Gasteiger partial charge in [-0.3, -0.25) is 14.2 Å². The topological polar surface area (TPSA) is 64.4 Å². The van der Waals surface area contributed by atoms with E-state index in [2.05, 4.69) is 6.58 Å². The summed E-state index contributed by atoms with van der Waals surface area (Å²) in [4.78, 5) is 33.8. The first-order chi connectivity index (χ1) is 14.2. The molecule has 0 spiro atoms. The molecule has 0 aliphatic carbocycles. The van der Waals surface area contributed by atoms with Crippen LogP contribution in [-0.2, 0) is 16.1 Å². The van der Waals surface area contributed by atoms with E-state index in [1.54, 1.807) is 15.5 Å². The Morgan fingerprint density at radius 1 is 1.28 bits per heavy atom. The first kappa shape index (κ1) is 19.9. The molecule has 0 atom stereocenters. The minimum Gasteiger partial charge on any atom is -0.378 e. The van der Waals surface area contributed by atoms with Gasteiger partial charge in [-0.1, -0.05) is 48.2 Å². The number of aromatic nitrogens is 2. The molecule has 0 unspecified atom stereocenters. The predicted octanol–water partition coefficient (Wildman–Crippen LogP) is 3.26. The molecular formula is C21H21N3O3S2. The lowest BCUT2D eigenvalue weighted by atomic mass is 10.2. The molecule has 0 bridgehead atoms. The molecule has 0 radical (unpaired) electrons. The van der Waals surface area contributed by atoms with E-state index in [0.29, 0.717) is 48.2 Å². The second-order valence-corrected chi connectivity index (χ2v) is 8.55. The van der Waals surface area contributed by atoms with Crippen molar-refractivity contribution < 1.29 is 9.53 Å². The summed E-state index contributed by atoms with van der Waals surface area (Å²) in [5.74, 6) is 0.278. The SMILES string of the molecule is C=CCn1c(SCC(=O)N2CCOCC2)nc2sc(-c3ccccc3)cc2c1=O. The molecule has 2 aromatic heterocycles. The fraction of sp³-hybridized carbons (Fsp3) is 0.286. The Bertz CT molecular complexity index is 1090. The minimum absolute atomic E-state index is 0.0361. The molecule has 0 saturated carbocycles. The van der Waals surface area contributed by atoms with Crippen molar-refractivity contribution >= 4 is 39.2 Å². The molecule has 3 heterocycles. The highest BCUT2D eigenvalue weighted by Gasteiger charge is 2.19. The normalized spacial score (nSPS) is 14.3. The number of carbonyl (C=O) groups excluding carboxylic acids is 1. The fourth-order valence-electron chi connectivity index (χ4n) is 3.17. The van der Waals surface area contributed by atoms with Crippen molar-refractivity contribution in [2.45, 2.75) is 11.7 Å². The summed E-state index contributed by atoms with van der Waals surface area (Å²) in [5, 5.41) is 1.14. The number of morpholine rings is 1. The van der Waals surface area contributed by atoms with Gasteiger partial charge in [0.1, 0.15) is 4.83 Å². The molecule has 1 amide bonds. The summed E-state index contributed by atoms with van der Waals surface area (Å²) in [6.07, 6.45) is 1.67. The first-order valence-electron chi connectivity index (χ1n) is 9.36. The molecule has 3 aromatic rings. The van der Waals surface area contributed by atoms with E-state index in [0.717, 1.165) is 10.4 Å². The molecule has 8 heteroatoms. The number of amides is 1. The molecule has 0 N–H and O–H groups in total. The lowest BCUT2D eigenvalue weighted by Crippen LogP contribution is -2.41. The quantitative estimate of drug-likeness (QED) is 0.343. The Morgan fingerprint density at radius 3 is 2.76 bits per heavy atom. The van der Waals surface area contributed by atoms with Crippen LogP contribution in [0.25, 0.3) is 20.7 Å². The van der Waals surface area contributed by atoms with Crippen molar-refractivity contribution in [2.75, 3.05) is 32.1 Å². The molecule has 150 valence electrons. The van der Waals surface area contributed by atoms with Gasteiger partial charge in [-0.25, -0.2) is 4.98 Å². The van der Waals surface area contributed by atoms with Gasteiger partial charge in [0, 0.05) is 24.5 Å². The van der Waals surface area contributed by atoms with E-state index < -0.39 is 0 Å². The number of nitrogens with zero attached hydrogens (tertiary/aromatic N) is 3. The first-order valence-corrected chi connectivity index (χ1v) is 11.2. The van der Waals surface area contributed by atoms with Crippen molar-refractivity contribution in [1.29, 1.82) is 0 Å². The van der Waals surface area contributed by atoms with Gasteiger partial charge in [0.25, 0.3) is 5.56 Å². The maximum Gasteiger partial charge on any atom is 0.263 e. The Morgan fingerprint density at radius 2 is 2.03 bits per heavy atom. The molecule has 1 fully saturated rings. The molecule has 1 aliphatic rings. The van der Waals surface area contributed by atoms with E-state index in [4.69, 9.17) is 9.72 Å². The number of fused-ring (bicyclic) bond motifs is 1. The highest BCUT2D eigenvalue weighted by atomic mass is 32.2. The number of ether oxygens (including phenoxy) is 1. The Kier molecular flexibility index (Phi) is 6.13. The van der Waals surface area contributed by atoms with Gasteiger partial charge in [-0.05, 0) is 11.6 Å². The zero-order chi connectivity index (χ0) is 20.2. The molecule has 1 aromatic carbocycles. The van der Waals surface area contributed by atoms with Gasteiger partial charge < -0.3 is 9.64 Å². The monoisotopic (exact) mass is 427 g/mol. The van der Waals surface area contributed by atoms with Crippen molar-refractivity contribution in [1.82, 2.24) is 14.5 Å². The lowest BCUT2D eigenvalue weighted by Gasteiger charge is -2.26. The average Bonchev–Trinajstić information content (AvgIpc) is 3.20. The van der Waals surface area contributed by atoms with Crippen LogP contribution in [0.5, 0.6) is 0 Å². The number of hydrogen-bond donors (Lipinski definition) is 0. The van der Waals surface area contributed by atoms with Crippen molar-refractivity contribution in [3.05, 3.63) is 59.4 Å². The van der Waals surface area contributed by atoms with Gasteiger partial charge >= 0.3 is 0 Å². The summed E-state index contributed by atoms with van der Waals surface area (Å²) >= 11 is 2.79. The maximum absolute atomic E-state index is 13.1. The fourth-order valence-corrected chi connectivity index (χ4v) is 5.16. The van der Waals surface area contributed by atoms with Gasteiger partial charge in [0.15, 0.2) is 5.16 Å². The van der Waals surface area contributed by atoms with Crippen LogP contribution in [0.1, 0.15) is 0 Å². The number of thiophene rings is 1. The van der Waals surface area contributed by atoms with Crippen LogP contribution in [0, 0.1) is 0 Å². The third-order valence-electron chi connectivity index (χ3n) is 4.67. The van der Waals surface area contributed by atoms with E-state index in [-0.39, 0.29) is 17.2 Å². The van der Waals surface area contributed by atoms with Crippen LogP contribution in [-0.4, -0.2) is 52.4 Å². The molecule has 4 rings (SSSR count). The second kappa shape index (κ2) is 8.94. The van der Waals surface area contributed by atoms with E-state index >= 15 is 0 Å². The molecule has 1 saturated heterocycles. The zero-order valence-electron chi connectivity index (χ0n) is 15.9. The van der Waals surface area contributed by atoms with Crippen molar-refractivity contribution in [2.24, 2.45) is 0 Å². The summed E-state index contributed by atoms with van der Waals surface area (Å²) in [6.45, 7) is 6.46. The standard InChI is InChI=1S/C21H21N3O3S2/c1-2-8-24-20(26)16-13-17(15-6-4-3-5-7-15)29-19(16)22-21(24)28-14-18(25)23-9-11-27-12-10-23/h2-7,13H,1,8-12,14H2. The molecule has 29 heavy (non-hydrogen) atoms. The summed E-state index contributed by atoms with van der Waals surface area (Å²) < 4.78 is 6.89. The summed E-state index contributed by atoms with van der Waals surface area (Å²) in [6, 6.07) is 11.8. The van der Waals surface area contributed by atoms with Crippen LogP contribution >= 0.6 is 23.1 Å². The second-order valence-electron chi connectivity index (χ2n) is 6.58. The summed E-state index contributed by atoms with van der Waals surface area (Å²) in [7, 11) is 0. The van der Waals surface area contributed by atoms with Crippen LogP contribution < -0.4 is 5.56 Å². The summed E-state index contributed by atoms with van der Waals surface area (Å²) in [5.41, 5.74) is 0.955. The third kappa shape index (κ3) is 4.29. The van der Waals surface area contributed by atoms with Gasteiger partial charge in [0.05, 0.1) is 24.4 Å². The van der Waals surface area contributed by atoms with Gasteiger partial charge in [-0.15, -0.1) is 17.9 Å². The minimum atomic E-state index is -0.102. The highest BCUT2D eigenvalue weighted by Crippen LogP contribution is 2.32. The highest BCUT2D eigenvalue weighted by molar-refractivity contribution is 7.99. The zero-order valence-corrected chi connectivity index (χ0v) is 17.5. The van der Waals surface area contributed by atoms with Gasteiger partial charge in [0.2, 0.25) is 5.91 Å². The number of thioether (sulfide) groups is 1. The number of hydrogen-bond acceptors (Lipinski definition) is 6. The lowest BCUT2D eigenvalue weighted by molar-refractivity contribution is -0.132. The van der Waals surface area contributed by atoms with Gasteiger partial charge in [-0.2, -0.15) is 0 Å². The average molecular weight is 428 g/mol. The Hall–Kier alpha value is -2.42. The van der Waals surface area contributed by atoms with Crippen LogP contribution in [0.2, 0.25) is 0 Å². The number of allylic oxidation sites excluding steroid dienone is 1. The Labute approximate surface area is 176 Å². The van der Waals surface area contributed by atoms with E-state index in [1.807, 2.05) is 36.4 Å². The van der Waals surface area contributed by atoms with E-state index in [1.165, 1.54) is 23.1 Å².